The summed E-state index contributed by atoms with van der Waals surface area (Å²) >= 11 is 0. The average molecular weight is 306 g/mol. The van der Waals surface area contributed by atoms with Crippen molar-refractivity contribution in [3.8, 4) is 0 Å². The smallest absolute Gasteiger partial charge is 0.269 e. The summed E-state index contributed by atoms with van der Waals surface area (Å²) in [5.41, 5.74) is 1.02. The number of aryl methyl sites for hydroxylation is 1. The molecule has 22 heavy (non-hydrogen) atoms. The van der Waals surface area contributed by atoms with E-state index in [1.807, 2.05) is 0 Å². The van der Waals surface area contributed by atoms with Gasteiger partial charge in [-0.3, -0.25) is 14.9 Å². The van der Waals surface area contributed by atoms with Gasteiger partial charge in [0.05, 0.1) is 4.92 Å². The molecule has 2 rings (SSSR count). The lowest BCUT2D eigenvalue weighted by Gasteiger charge is -2.24. The number of nitrogens with zero attached hydrogens (tertiary/aromatic N) is 1. The maximum atomic E-state index is 12.4. The van der Waals surface area contributed by atoms with Crippen molar-refractivity contribution in [2.45, 2.75) is 45.1 Å². The number of rotatable bonds is 4. The van der Waals surface area contributed by atoms with Crippen LogP contribution in [0.2, 0.25) is 0 Å². The van der Waals surface area contributed by atoms with Gasteiger partial charge in [-0.25, -0.2) is 0 Å². The number of nitro groups is 1. The number of carbonyl (C=O) groups excluding carboxylic acids is 1. The molecule has 6 heteroatoms. The zero-order chi connectivity index (χ0) is 16.1. The van der Waals surface area contributed by atoms with Crippen molar-refractivity contribution in [1.82, 2.24) is 5.32 Å². The van der Waals surface area contributed by atoms with E-state index >= 15 is 0 Å². The van der Waals surface area contributed by atoms with Crippen LogP contribution in [-0.2, 0) is 0 Å². The van der Waals surface area contributed by atoms with Gasteiger partial charge >= 0.3 is 0 Å². The summed E-state index contributed by atoms with van der Waals surface area (Å²) in [6.45, 7) is 1.77. The van der Waals surface area contributed by atoms with Gasteiger partial charge in [-0.05, 0) is 31.4 Å². The van der Waals surface area contributed by atoms with E-state index in [0.717, 1.165) is 32.1 Å². The largest absolute Gasteiger partial charge is 0.396 e. The van der Waals surface area contributed by atoms with Crippen LogP contribution in [0, 0.1) is 23.0 Å². The summed E-state index contributed by atoms with van der Waals surface area (Å²) in [5, 5.41) is 23.2. The number of nitrogens with one attached hydrogen (secondary N) is 1. The van der Waals surface area contributed by atoms with Crippen LogP contribution < -0.4 is 5.32 Å². The zero-order valence-electron chi connectivity index (χ0n) is 12.7. The SMILES string of the molecule is Cc1cc([N+](=O)[O-])ccc1C(=O)NC1CCCCCC1CO. The molecule has 0 heterocycles. The maximum absolute atomic E-state index is 12.4. The molecule has 1 amide bonds. The molecule has 0 saturated heterocycles. The lowest BCUT2D eigenvalue weighted by atomic mass is 9.95. The van der Waals surface area contributed by atoms with Crippen molar-refractivity contribution < 1.29 is 14.8 Å². The highest BCUT2D eigenvalue weighted by atomic mass is 16.6. The van der Waals surface area contributed by atoms with Gasteiger partial charge in [0.2, 0.25) is 0 Å². The van der Waals surface area contributed by atoms with Gasteiger partial charge in [-0.2, -0.15) is 0 Å². The molecule has 2 atom stereocenters. The maximum Gasteiger partial charge on any atom is 0.269 e. The highest BCUT2D eigenvalue weighted by Crippen LogP contribution is 2.24. The quantitative estimate of drug-likeness (QED) is 0.508. The molecule has 0 bridgehead atoms. The Morgan fingerprint density at radius 2 is 2.09 bits per heavy atom. The van der Waals surface area contributed by atoms with E-state index in [9.17, 15) is 20.0 Å². The molecule has 120 valence electrons. The van der Waals surface area contributed by atoms with Crippen molar-refractivity contribution in [2.75, 3.05) is 6.61 Å². The lowest BCUT2D eigenvalue weighted by Crippen LogP contribution is -2.41. The van der Waals surface area contributed by atoms with Crippen LogP contribution in [-0.4, -0.2) is 28.6 Å². The first-order chi connectivity index (χ1) is 10.5. The van der Waals surface area contributed by atoms with Crippen molar-refractivity contribution in [3.63, 3.8) is 0 Å². The van der Waals surface area contributed by atoms with Crippen LogP contribution in [0.15, 0.2) is 18.2 Å². The van der Waals surface area contributed by atoms with Crippen molar-refractivity contribution >= 4 is 11.6 Å². The van der Waals surface area contributed by atoms with E-state index < -0.39 is 4.92 Å². The summed E-state index contributed by atoms with van der Waals surface area (Å²) in [7, 11) is 0. The standard InChI is InChI=1S/C16H22N2O4/c1-11-9-13(18(21)22)7-8-14(11)16(20)17-15-6-4-2-3-5-12(15)10-19/h7-9,12,15,19H,2-6,10H2,1H3,(H,17,20). The van der Waals surface area contributed by atoms with E-state index in [1.165, 1.54) is 18.2 Å². The van der Waals surface area contributed by atoms with Crippen LogP contribution in [0.25, 0.3) is 0 Å². The molecule has 0 aromatic heterocycles. The Hall–Kier alpha value is -1.95. The molecule has 1 aliphatic carbocycles. The van der Waals surface area contributed by atoms with E-state index in [4.69, 9.17) is 0 Å². The van der Waals surface area contributed by atoms with Crippen LogP contribution in [0.4, 0.5) is 5.69 Å². The molecule has 0 radical (unpaired) electrons. The Morgan fingerprint density at radius 3 is 2.73 bits per heavy atom. The van der Waals surface area contributed by atoms with Crippen molar-refractivity contribution in [2.24, 2.45) is 5.92 Å². The van der Waals surface area contributed by atoms with Gasteiger partial charge < -0.3 is 10.4 Å². The van der Waals surface area contributed by atoms with Crippen LogP contribution in [0.5, 0.6) is 0 Å². The molecule has 6 nitrogen and oxygen atoms in total. The molecular formula is C16H22N2O4. The van der Waals surface area contributed by atoms with Gasteiger partial charge in [0.1, 0.15) is 0 Å². The first-order valence-corrected chi connectivity index (χ1v) is 7.69. The minimum Gasteiger partial charge on any atom is -0.396 e. The number of carbonyl (C=O) groups is 1. The van der Waals surface area contributed by atoms with Gasteiger partial charge in [0.15, 0.2) is 0 Å². The summed E-state index contributed by atoms with van der Waals surface area (Å²) in [6, 6.07) is 4.21. The summed E-state index contributed by atoms with van der Waals surface area (Å²) in [5.74, 6) is -0.137. The number of non-ortho nitro benzene ring substituents is 1. The Bertz CT molecular complexity index is 559. The fraction of sp³-hybridized carbons (Fsp3) is 0.562. The van der Waals surface area contributed by atoms with E-state index in [-0.39, 0.29) is 30.2 Å². The normalized spacial score (nSPS) is 21.9. The number of nitro benzene ring substituents is 1. The van der Waals surface area contributed by atoms with E-state index in [1.54, 1.807) is 6.92 Å². The monoisotopic (exact) mass is 306 g/mol. The third-order valence-corrected chi connectivity index (χ3v) is 4.38. The summed E-state index contributed by atoms with van der Waals surface area (Å²) in [6.07, 6.45) is 5.03. The van der Waals surface area contributed by atoms with Gasteiger partial charge in [-0.15, -0.1) is 0 Å². The first kappa shape index (κ1) is 16.4. The minimum absolute atomic E-state index is 0.0169. The number of benzene rings is 1. The second-order valence-electron chi connectivity index (χ2n) is 5.92. The molecule has 2 unspecified atom stereocenters. The second-order valence-corrected chi connectivity index (χ2v) is 5.92. The Morgan fingerprint density at radius 1 is 1.36 bits per heavy atom. The van der Waals surface area contributed by atoms with Crippen LogP contribution in [0.1, 0.15) is 48.0 Å². The molecule has 1 saturated carbocycles. The lowest BCUT2D eigenvalue weighted by molar-refractivity contribution is -0.384. The molecule has 0 spiro atoms. The second kappa shape index (κ2) is 7.35. The number of aliphatic hydroxyl groups is 1. The molecule has 1 aliphatic rings. The van der Waals surface area contributed by atoms with E-state index in [2.05, 4.69) is 5.32 Å². The number of hydrogen-bond donors (Lipinski definition) is 2. The predicted molar refractivity (Wildman–Crippen MR) is 82.7 cm³/mol. The molecule has 1 aromatic rings. The highest BCUT2D eigenvalue weighted by Gasteiger charge is 2.25. The zero-order valence-corrected chi connectivity index (χ0v) is 12.7. The van der Waals surface area contributed by atoms with Gasteiger partial charge in [0.25, 0.3) is 11.6 Å². The molecule has 1 fully saturated rings. The molecule has 1 aromatic carbocycles. The Kier molecular flexibility index (Phi) is 5.49. The summed E-state index contributed by atoms with van der Waals surface area (Å²) < 4.78 is 0. The fourth-order valence-electron chi connectivity index (χ4n) is 3.06. The molecule has 2 N–H and O–H groups in total. The number of amides is 1. The minimum atomic E-state index is -0.470. The Balaban J connectivity index is 2.12. The summed E-state index contributed by atoms with van der Waals surface area (Å²) in [4.78, 5) is 22.7. The van der Waals surface area contributed by atoms with Crippen LogP contribution >= 0.6 is 0 Å². The van der Waals surface area contributed by atoms with Crippen LogP contribution in [0.3, 0.4) is 0 Å². The fourth-order valence-corrected chi connectivity index (χ4v) is 3.06. The van der Waals surface area contributed by atoms with Gasteiger partial charge in [0, 0.05) is 36.3 Å². The number of aliphatic hydroxyl groups excluding tert-OH is 1. The highest BCUT2D eigenvalue weighted by molar-refractivity contribution is 5.96. The van der Waals surface area contributed by atoms with Crippen molar-refractivity contribution in [3.05, 3.63) is 39.4 Å². The predicted octanol–water partition coefficient (Wildman–Crippen LogP) is 2.57. The Labute approximate surface area is 129 Å². The third-order valence-electron chi connectivity index (χ3n) is 4.38. The van der Waals surface area contributed by atoms with Gasteiger partial charge in [-0.1, -0.05) is 19.3 Å². The average Bonchev–Trinajstić information content (AvgIpc) is 2.71. The molecule has 0 aliphatic heterocycles. The first-order valence-electron chi connectivity index (χ1n) is 7.69. The topological polar surface area (TPSA) is 92.5 Å². The van der Waals surface area contributed by atoms with E-state index in [0.29, 0.717) is 11.1 Å². The molecular weight excluding hydrogens is 284 g/mol. The third kappa shape index (κ3) is 3.82. The van der Waals surface area contributed by atoms with Crippen molar-refractivity contribution in [1.29, 1.82) is 0 Å². The number of hydrogen-bond acceptors (Lipinski definition) is 4.